The molecule has 1 aromatic rings. The zero-order chi connectivity index (χ0) is 14.9. The zero-order valence-corrected chi connectivity index (χ0v) is 12.2. The SMILES string of the molecule is C=c1oc2c(c1C)C[C@@H]1[C@@](C)(O)CC[C@]1(O)[C@](C)(O)C=2. The van der Waals surface area contributed by atoms with E-state index in [1.54, 1.807) is 19.9 Å². The Bertz CT molecular complexity index is 667. The molecule has 1 fully saturated rings. The van der Waals surface area contributed by atoms with Gasteiger partial charge >= 0.3 is 0 Å². The minimum atomic E-state index is -1.44. The van der Waals surface area contributed by atoms with Gasteiger partial charge in [0.25, 0.3) is 0 Å². The van der Waals surface area contributed by atoms with Crippen molar-refractivity contribution in [1.82, 2.24) is 0 Å². The summed E-state index contributed by atoms with van der Waals surface area (Å²) in [5, 5.41) is 32.4. The van der Waals surface area contributed by atoms with Gasteiger partial charge in [0, 0.05) is 11.5 Å². The van der Waals surface area contributed by atoms with Crippen molar-refractivity contribution in [2.24, 2.45) is 5.92 Å². The highest BCUT2D eigenvalue weighted by atomic mass is 16.4. The molecule has 4 nitrogen and oxygen atoms in total. The molecule has 3 N–H and O–H groups in total. The highest BCUT2D eigenvalue weighted by molar-refractivity contribution is 5.44. The van der Waals surface area contributed by atoms with Crippen molar-refractivity contribution in [3.8, 4) is 0 Å². The van der Waals surface area contributed by atoms with Gasteiger partial charge in [-0.3, -0.25) is 0 Å². The van der Waals surface area contributed by atoms with Crippen LogP contribution in [0.1, 0.15) is 37.8 Å². The van der Waals surface area contributed by atoms with Gasteiger partial charge in [-0.2, -0.15) is 0 Å². The van der Waals surface area contributed by atoms with E-state index in [9.17, 15) is 15.3 Å². The molecule has 0 aromatic carbocycles. The second-order valence-corrected chi connectivity index (χ2v) is 6.82. The van der Waals surface area contributed by atoms with E-state index in [2.05, 4.69) is 6.58 Å². The van der Waals surface area contributed by atoms with E-state index in [0.717, 1.165) is 11.1 Å². The Morgan fingerprint density at radius 3 is 2.55 bits per heavy atom. The number of hydrogen-bond donors (Lipinski definition) is 3. The summed E-state index contributed by atoms with van der Waals surface area (Å²) in [4.78, 5) is 0. The standard InChI is InChI=1S/C16H22O4/c1-9-10(2)20-12-8-15(4,18)16(19)6-5-14(3,17)13(16)7-11(9)12/h8,13,17-19H,2,5-7H2,1,3-4H3/t13-,14+,15-,16-/m1/s1. The largest absolute Gasteiger partial charge is 0.458 e. The minimum Gasteiger partial charge on any atom is -0.458 e. The third kappa shape index (κ3) is 1.59. The Morgan fingerprint density at radius 2 is 1.90 bits per heavy atom. The highest BCUT2D eigenvalue weighted by Crippen LogP contribution is 2.51. The van der Waals surface area contributed by atoms with Gasteiger partial charge in [0.15, 0.2) is 0 Å². The third-order valence-electron chi connectivity index (χ3n) is 5.44. The maximum Gasteiger partial charge on any atom is 0.129 e. The van der Waals surface area contributed by atoms with E-state index < -0.39 is 22.7 Å². The fourth-order valence-electron chi connectivity index (χ4n) is 3.88. The minimum absolute atomic E-state index is 0.370. The lowest BCUT2D eigenvalue weighted by Crippen LogP contribution is -2.56. The van der Waals surface area contributed by atoms with Crippen LogP contribution in [0.15, 0.2) is 4.42 Å². The van der Waals surface area contributed by atoms with Crippen LogP contribution in [-0.4, -0.2) is 32.1 Å². The highest BCUT2D eigenvalue weighted by Gasteiger charge is 2.61. The van der Waals surface area contributed by atoms with Gasteiger partial charge < -0.3 is 19.7 Å². The molecule has 2 aliphatic carbocycles. The predicted octanol–water partition coefficient (Wildman–Crippen LogP) is -0.0220. The van der Waals surface area contributed by atoms with Crippen LogP contribution in [0.2, 0.25) is 0 Å². The van der Waals surface area contributed by atoms with Gasteiger partial charge in [-0.25, -0.2) is 0 Å². The van der Waals surface area contributed by atoms with Crippen LogP contribution in [0.4, 0.5) is 0 Å². The number of furan rings is 1. The van der Waals surface area contributed by atoms with Crippen LogP contribution in [0, 0.1) is 12.8 Å². The monoisotopic (exact) mass is 278 g/mol. The van der Waals surface area contributed by atoms with Crippen molar-refractivity contribution in [1.29, 1.82) is 0 Å². The van der Waals surface area contributed by atoms with Crippen molar-refractivity contribution < 1.29 is 19.7 Å². The smallest absolute Gasteiger partial charge is 0.129 e. The van der Waals surface area contributed by atoms with Crippen molar-refractivity contribution in [3.05, 3.63) is 22.0 Å². The average Bonchev–Trinajstić information content (AvgIpc) is 2.67. The summed E-state index contributed by atoms with van der Waals surface area (Å²) < 4.78 is 5.61. The lowest BCUT2D eigenvalue weighted by molar-refractivity contribution is -0.150. The maximum absolute atomic E-state index is 11.0. The first-order chi connectivity index (χ1) is 9.08. The van der Waals surface area contributed by atoms with E-state index in [0.29, 0.717) is 30.1 Å². The predicted molar refractivity (Wildman–Crippen MR) is 75.3 cm³/mol. The fraction of sp³-hybridized carbons (Fsp3) is 0.625. The van der Waals surface area contributed by atoms with Crippen molar-refractivity contribution in [2.45, 2.75) is 56.8 Å². The lowest BCUT2D eigenvalue weighted by Gasteiger charge is -2.42. The van der Waals surface area contributed by atoms with E-state index in [4.69, 9.17) is 4.42 Å². The Kier molecular flexibility index (Phi) is 2.60. The normalized spacial score (nSPS) is 43.6. The molecule has 1 heterocycles. The average molecular weight is 278 g/mol. The molecule has 4 heteroatoms. The second kappa shape index (κ2) is 3.75. The Morgan fingerprint density at radius 1 is 1.25 bits per heavy atom. The van der Waals surface area contributed by atoms with E-state index in [-0.39, 0.29) is 0 Å². The third-order valence-corrected chi connectivity index (χ3v) is 5.44. The maximum atomic E-state index is 11.0. The molecule has 4 atom stereocenters. The van der Waals surface area contributed by atoms with Crippen LogP contribution in [0.5, 0.6) is 0 Å². The number of aliphatic hydroxyl groups is 3. The van der Waals surface area contributed by atoms with E-state index in [1.807, 2.05) is 6.92 Å². The summed E-state index contributed by atoms with van der Waals surface area (Å²) in [5.74, 6) is -0.432. The van der Waals surface area contributed by atoms with Crippen LogP contribution in [0.25, 0.3) is 12.7 Å². The van der Waals surface area contributed by atoms with Crippen molar-refractivity contribution in [3.63, 3.8) is 0 Å². The first kappa shape index (κ1) is 13.9. The number of rotatable bonds is 0. The van der Waals surface area contributed by atoms with Crippen molar-refractivity contribution >= 4 is 12.7 Å². The molecule has 1 saturated carbocycles. The molecule has 0 radical (unpaired) electrons. The molecule has 1 aromatic heterocycles. The molecule has 0 bridgehead atoms. The summed E-state index contributed by atoms with van der Waals surface area (Å²) in [5.41, 5.74) is -0.788. The van der Waals surface area contributed by atoms with Gasteiger partial charge in [-0.15, -0.1) is 0 Å². The number of hydrogen-bond acceptors (Lipinski definition) is 4. The molecular weight excluding hydrogens is 256 g/mol. The first-order valence-corrected chi connectivity index (χ1v) is 7.06. The molecule has 0 amide bonds. The van der Waals surface area contributed by atoms with Crippen LogP contribution in [0.3, 0.4) is 0 Å². The zero-order valence-electron chi connectivity index (χ0n) is 12.2. The summed E-state index contributed by atoms with van der Waals surface area (Å²) in [7, 11) is 0. The van der Waals surface area contributed by atoms with Gasteiger partial charge in [0.1, 0.15) is 22.0 Å². The van der Waals surface area contributed by atoms with Crippen LogP contribution >= 0.6 is 0 Å². The van der Waals surface area contributed by atoms with Gasteiger partial charge in [0.05, 0.1) is 5.60 Å². The van der Waals surface area contributed by atoms with Crippen LogP contribution in [-0.2, 0) is 6.42 Å². The van der Waals surface area contributed by atoms with Crippen molar-refractivity contribution in [2.75, 3.05) is 0 Å². The fourth-order valence-corrected chi connectivity index (χ4v) is 3.88. The van der Waals surface area contributed by atoms with E-state index in [1.165, 1.54) is 0 Å². The van der Waals surface area contributed by atoms with Gasteiger partial charge in [-0.05, 0) is 51.7 Å². The Balaban J connectivity index is 2.28. The first-order valence-electron chi connectivity index (χ1n) is 7.06. The quantitative estimate of drug-likeness (QED) is 0.623. The lowest BCUT2D eigenvalue weighted by atomic mass is 9.72. The molecule has 0 aliphatic heterocycles. The van der Waals surface area contributed by atoms with E-state index >= 15 is 0 Å². The Labute approximate surface area is 118 Å². The molecule has 20 heavy (non-hydrogen) atoms. The summed E-state index contributed by atoms with van der Waals surface area (Å²) in [6.45, 7) is 9.08. The van der Waals surface area contributed by atoms with Crippen LogP contribution < -0.4 is 10.8 Å². The molecule has 0 unspecified atom stereocenters. The topological polar surface area (TPSA) is 73.8 Å². The van der Waals surface area contributed by atoms with Gasteiger partial charge in [-0.1, -0.05) is 6.58 Å². The summed E-state index contributed by atoms with van der Waals surface area (Å²) in [6, 6.07) is 0. The number of fused-ring (bicyclic) bond motifs is 2. The molecule has 0 spiro atoms. The molecular formula is C16H22O4. The molecule has 110 valence electrons. The molecule has 0 saturated heterocycles. The molecule has 3 rings (SSSR count). The Hall–Kier alpha value is -1.10. The summed E-state index contributed by atoms with van der Waals surface area (Å²) >= 11 is 0. The van der Waals surface area contributed by atoms with Gasteiger partial charge in [0.2, 0.25) is 0 Å². The second-order valence-electron chi connectivity index (χ2n) is 6.82. The molecule has 2 aliphatic rings. The summed E-state index contributed by atoms with van der Waals surface area (Å²) in [6.07, 6.45) is 2.90.